The quantitative estimate of drug-likeness (QED) is 0.459. The molecule has 0 saturated carbocycles. The Morgan fingerprint density at radius 2 is 1.60 bits per heavy atom. The number of carboxylic acid groups (broad SMARTS) is 2. The second kappa shape index (κ2) is 8.21. The van der Waals surface area contributed by atoms with Crippen molar-refractivity contribution in [2.75, 3.05) is 12.9 Å². The Kier molecular flexibility index (Phi) is 7.74. The molecule has 0 rings (SSSR count). The van der Waals surface area contributed by atoms with Gasteiger partial charge in [0.1, 0.15) is 0 Å². The Labute approximate surface area is 119 Å². The summed E-state index contributed by atoms with van der Waals surface area (Å²) < 4.78 is 26.0. The summed E-state index contributed by atoms with van der Waals surface area (Å²) in [7, 11) is -3.56. The topological polar surface area (TPSA) is 118 Å². The Morgan fingerprint density at radius 3 is 1.95 bits per heavy atom. The molecule has 0 amide bonds. The van der Waals surface area contributed by atoms with Gasteiger partial charge in [-0.2, -0.15) is 8.42 Å². The maximum atomic E-state index is 11.2. The standard InChI is InChI=1S/C12H22O7S/c1-8(2)7-10(12(15)16)9(11(13)14)5-4-6-19-20(3,17)18/h8-10H,4-7H2,1-3H3,(H,13,14)(H,15,16)/t9-,10+/m0/s1. The number of hydrogen-bond acceptors (Lipinski definition) is 5. The molecule has 0 bridgehead atoms. The van der Waals surface area contributed by atoms with Crippen LogP contribution in [0.4, 0.5) is 0 Å². The lowest BCUT2D eigenvalue weighted by Gasteiger charge is -2.21. The van der Waals surface area contributed by atoms with E-state index in [1.807, 2.05) is 13.8 Å². The molecule has 0 radical (unpaired) electrons. The molecule has 0 fully saturated rings. The Bertz CT molecular complexity index is 427. The zero-order valence-electron chi connectivity index (χ0n) is 11.9. The average Bonchev–Trinajstić information content (AvgIpc) is 2.24. The van der Waals surface area contributed by atoms with Crippen LogP contribution in [0.1, 0.15) is 33.1 Å². The highest BCUT2D eigenvalue weighted by atomic mass is 32.2. The van der Waals surface area contributed by atoms with Crippen molar-refractivity contribution < 1.29 is 32.4 Å². The van der Waals surface area contributed by atoms with Crippen molar-refractivity contribution in [1.82, 2.24) is 0 Å². The Hall–Kier alpha value is -1.15. The van der Waals surface area contributed by atoms with Gasteiger partial charge in [0.05, 0.1) is 24.7 Å². The highest BCUT2D eigenvalue weighted by Crippen LogP contribution is 2.25. The number of carbonyl (C=O) groups is 2. The van der Waals surface area contributed by atoms with E-state index in [-0.39, 0.29) is 31.8 Å². The Morgan fingerprint density at radius 1 is 1.10 bits per heavy atom. The van der Waals surface area contributed by atoms with Crippen molar-refractivity contribution >= 4 is 22.1 Å². The zero-order valence-corrected chi connectivity index (χ0v) is 12.7. The first-order chi connectivity index (χ1) is 9.04. The van der Waals surface area contributed by atoms with E-state index < -0.39 is 33.9 Å². The third kappa shape index (κ3) is 8.11. The third-order valence-corrected chi connectivity index (χ3v) is 3.40. The summed E-state index contributed by atoms with van der Waals surface area (Å²) in [4.78, 5) is 22.4. The molecular weight excluding hydrogens is 288 g/mol. The Balaban J connectivity index is 4.61. The lowest BCUT2D eigenvalue weighted by atomic mass is 9.83. The lowest BCUT2D eigenvalue weighted by molar-refractivity contribution is -0.154. The van der Waals surface area contributed by atoms with Crippen LogP contribution in [0.25, 0.3) is 0 Å². The molecule has 7 nitrogen and oxygen atoms in total. The molecule has 0 unspecified atom stereocenters. The molecule has 0 heterocycles. The largest absolute Gasteiger partial charge is 0.481 e. The fourth-order valence-electron chi connectivity index (χ4n) is 1.96. The number of carboxylic acids is 2. The molecule has 2 N–H and O–H groups in total. The van der Waals surface area contributed by atoms with Crippen molar-refractivity contribution in [3.63, 3.8) is 0 Å². The summed E-state index contributed by atoms with van der Waals surface area (Å²) in [6.07, 6.45) is 1.40. The third-order valence-electron chi connectivity index (χ3n) is 2.80. The highest BCUT2D eigenvalue weighted by molar-refractivity contribution is 7.85. The van der Waals surface area contributed by atoms with E-state index >= 15 is 0 Å². The van der Waals surface area contributed by atoms with Gasteiger partial charge in [-0.25, -0.2) is 0 Å². The lowest BCUT2D eigenvalue weighted by Crippen LogP contribution is -2.31. The van der Waals surface area contributed by atoms with Gasteiger partial charge in [0.25, 0.3) is 10.1 Å². The highest BCUT2D eigenvalue weighted by Gasteiger charge is 2.33. The van der Waals surface area contributed by atoms with Gasteiger partial charge in [0, 0.05) is 0 Å². The van der Waals surface area contributed by atoms with Crippen molar-refractivity contribution in [2.45, 2.75) is 33.1 Å². The fourth-order valence-corrected chi connectivity index (χ4v) is 2.38. The van der Waals surface area contributed by atoms with Crippen LogP contribution < -0.4 is 0 Å². The van der Waals surface area contributed by atoms with Crippen LogP contribution in [0.15, 0.2) is 0 Å². The molecule has 0 aliphatic heterocycles. The van der Waals surface area contributed by atoms with Gasteiger partial charge in [0.15, 0.2) is 0 Å². The van der Waals surface area contributed by atoms with Gasteiger partial charge < -0.3 is 10.2 Å². The van der Waals surface area contributed by atoms with E-state index in [2.05, 4.69) is 4.18 Å². The summed E-state index contributed by atoms with van der Waals surface area (Å²) in [5, 5.41) is 18.3. The normalized spacial score (nSPS) is 15.0. The predicted octanol–water partition coefficient (Wildman–Crippen LogP) is 1.19. The summed E-state index contributed by atoms with van der Waals surface area (Å²) in [5.41, 5.74) is 0. The second-order valence-corrected chi connectivity index (χ2v) is 6.83. The maximum absolute atomic E-state index is 11.2. The molecular formula is C12H22O7S. The van der Waals surface area contributed by atoms with E-state index in [0.717, 1.165) is 6.26 Å². The predicted molar refractivity (Wildman–Crippen MR) is 71.7 cm³/mol. The molecule has 8 heteroatoms. The molecule has 0 aromatic rings. The van der Waals surface area contributed by atoms with E-state index in [4.69, 9.17) is 10.2 Å². The van der Waals surface area contributed by atoms with Gasteiger partial charge in [-0.1, -0.05) is 13.8 Å². The van der Waals surface area contributed by atoms with Gasteiger partial charge in [-0.3, -0.25) is 13.8 Å². The monoisotopic (exact) mass is 310 g/mol. The van der Waals surface area contributed by atoms with Crippen LogP contribution in [0.3, 0.4) is 0 Å². The van der Waals surface area contributed by atoms with Crippen LogP contribution in [0.5, 0.6) is 0 Å². The van der Waals surface area contributed by atoms with E-state index in [0.29, 0.717) is 0 Å². The van der Waals surface area contributed by atoms with Gasteiger partial charge in [-0.15, -0.1) is 0 Å². The second-order valence-electron chi connectivity index (χ2n) is 5.19. The summed E-state index contributed by atoms with van der Waals surface area (Å²) in [6.45, 7) is 3.50. The molecule has 0 saturated heterocycles. The molecule has 20 heavy (non-hydrogen) atoms. The van der Waals surface area contributed by atoms with Crippen molar-refractivity contribution in [3.05, 3.63) is 0 Å². The fraction of sp³-hybridized carbons (Fsp3) is 0.833. The summed E-state index contributed by atoms with van der Waals surface area (Å²) in [5.74, 6) is -4.29. The minimum atomic E-state index is -3.56. The molecule has 0 aromatic heterocycles. The number of rotatable bonds is 10. The first kappa shape index (κ1) is 18.9. The van der Waals surface area contributed by atoms with Gasteiger partial charge in [-0.05, 0) is 25.2 Å². The first-order valence-electron chi connectivity index (χ1n) is 6.34. The van der Waals surface area contributed by atoms with Gasteiger partial charge >= 0.3 is 11.9 Å². The summed E-state index contributed by atoms with van der Waals surface area (Å²) in [6, 6.07) is 0. The van der Waals surface area contributed by atoms with Crippen LogP contribution >= 0.6 is 0 Å². The van der Waals surface area contributed by atoms with Crippen molar-refractivity contribution in [3.8, 4) is 0 Å². The van der Waals surface area contributed by atoms with Crippen LogP contribution in [0, 0.1) is 17.8 Å². The van der Waals surface area contributed by atoms with Crippen molar-refractivity contribution in [2.24, 2.45) is 17.8 Å². The zero-order chi connectivity index (χ0) is 15.9. The number of aliphatic carboxylic acids is 2. The van der Waals surface area contributed by atoms with Crippen molar-refractivity contribution in [1.29, 1.82) is 0 Å². The first-order valence-corrected chi connectivity index (χ1v) is 8.16. The molecule has 0 aliphatic carbocycles. The minimum Gasteiger partial charge on any atom is -0.481 e. The van der Waals surface area contributed by atoms with Crippen LogP contribution in [0.2, 0.25) is 0 Å². The van der Waals surface area contributed by atoms with E-state index in [1.54, 1.807) is 0 Å². The molecule has 0 spiro atoms. The van der Waals surface area contributed by atoms with Crippen LogP contribution in [-0.4, -0.2) is 43.4 Å². The van der Waals surface area contributed by atoms with Crippen LogP contribution in [-0.2, 0) is 23.9 Å². The molecule has 2 atom stereocenters. The molecule has 118 valence electrons. The average molecular weight is 310 g/mol. The SMILES string of the molecule is CC(C)C[C@@H](C(=O)O)[C@H](CCCOS(C)(=O)=O)C(=O)O. The minimum absolute atomic E-state index is 0.0604. The number of hydrogen-bond donors (Lipinski definition) is 2. The molecule has 0 aromatic carbocycles. The van der Waals surface area contributed by atoms with Gasteiger partial charge in [0.2, 0.25) is 0 Å². The maximum Gasteiger partial charge on any atom is 0.307 e. The van der Waals surface area contributed by atoms with E-state index in [9.17, 15) is 18.0 Å². The molecule has 0 aliphatic rings. The van der Waals surface area contributed by atoms with E-state index in [1.165, 1.54) is 0 Å². The summed E-state index contributed by atoms with van der Waals surface area (Å²) >= 11 is 0. The smallest absolute Gasteiger partial charge is 0.307 e.